The van der Waals surface area contributed by atoms with Crippen LogP contribution in [0.15, 0.2) is 41.1 Å². The van der Waals surface area contributed by atoms with Crippen molar-refractivity contribution in [2.45, 2.75) is 13.0 Å². The molecule has 0 aliphatic heterocycles. The third-order valence-corrected chi connectivity index (χ3v) is 3.61. The van der Waals surface area contributed by atoms with Gasteiger partial charge in [-0.1, -0.05) is 11.2 Å². The summed E-state index contributed by atoms with van der Waals surface area (Å²) < 4.78 is 6.87. The number of rotatable bonds is 4. The van der Waals surface area contributed by atoms with E-state index < -0.39 is 6.10 Å². The van der Waals surface area contributed by atoms with E-state index in [-0.39, 0.29) is 18.1 Å². The smallest absolute Gasteiger partial charge is 0.273 e. The van der Waals surface area contributed by atoms with Crippen molar-refractivity contribution in [1.82, 2.24) is 15.0 Å². The molecule has 0 radical (unpaired) electrons. The number of aryl methyl sites for hydroxylation is 2. The summed E-state index contributed by atoms with van der Waals surface area (Å²) in [5.41, 5.74) is 2.07. The highest BCUT2D eigenvalue weighted by Crippen LogP contribution is 2.20. The molecule has 1 atom stereocenters. The minimum Gasteiger partial charge on any atom is -0.387 e. The summed E-state index contributed by atoms with van der Waals surface area (Å²) in [5.74, 6) is 0.205. The molecule has 3 rings (SSSR count). The number of hydrogen-bond donors (Lipinski definition) is 2. The summed E-state index contributed by atoms with van der Waals surface area (Å²) in [5, 5.41) is 17.6. The molecule has 6 nitrogen and oxygen atoms in total. The van der Waals surface area contributed by atoms with E-state index in [2.05, 4.69) is 10.5 Å². The van der Waals surface area contributed by atoms with Crippen molar-refractivity contribution >= 4 is 16.8 Å². The van der Waals surface area contributed by atoms with Gasteiger partial charge in [-0.3, -0.25) is 4.79 Å². The molecule has 0 spiro atoms. The third-order valence-electron chi connectivity index (χ3n) is 3.61. The van der Waals surface area contributed by atoms with E-state index in [0.717, 1.165) is 16.5 Å². The topological polar surface area (TPSA) is 80.3 Å². The molecule has 0 saturated carbocycles. The van der Waals surface area contributed by atoms with Gasteiger partial charge in [0.1, 0.15) is 5.76 Å². The number of nitrogens with one attached hydrogen (secondary N) is 1. The number of nitrogens with zero attached hydrogens (tertiary/aromatic N) is 2. The zero-order valence-corrected chi connectivity index (χ0v) is 12.4. The molecule has 0 bridgehead atoms. The van der Waals surface area contributed by atoms with Gasteiger partial charge in [-0.05, 0) is 36.1 Å². The highest BCUT2D eigenvalue weighted by Gasteiger charge is 2.14. The van der Waals surface area contributed by atoms with Gasteiger partial charge in [-0.2, -0.15) is 0 Å². The van der Waals surface area contributed by atoms with Gasteiger partial charge < -0.3 is 19.5 Å². The zero-order valence-electron chi connectivity index (χ0n) is 12.4. The highest BCUT2D eigenvalue weighted by atomic mass is 16.5. The van der Waals surface area contributed by atoms with Crippen molar-refractivity contribution in [2.24, 2.45) is 7.05 Å². The van der Waals surface area contributed by atoms with Gasteiger partial charge in [0.15, 0.2) is 5.69 Å². The highest BCUT2D eigenvalue weighted by molar-refractivity contribution is 5.92. The lowest BCUT2D eigenvalue weighted by Crippen LogP contribution is -2.28. The van der Waals surface area contributed by atoms with E-state index in [9.17, 15) is 9.90 Å². The number of aliphatic hydroxyl groups is 1. The van der Waals surface area contributed by atoms with Gasteiger partial charge in [0.05, 0.1) is 6.10 Å². The van der Waals surface area contributed by atoms with Crippen LogP contribution in [0.4, 0.5) is 0 Å². The van der Waals surface area contributed by atoms with Crippen LogP contribution in [-0.4, -0.2) is 27.3 Å². The van der Waals surface area contributed by atoms with E-state index in [4.69, 9.17) is 4.52 Å². The fourth-order valence-electron chi connectivity index (χ4n) is 2.38. The van der Waals surface area contributed by atoms with Gasteiger partial charge in [0.25, 0.3) is 5.91 Å². The monoisotopic (exact) mass is 299 g/mol. The molecule has 1 aromatic carbocycles. The zero-order chi connectivity index (χ0) is 15.7. The van der Waals surface area contributed by atoms with Crippen LogP contribution >= 0.6 is 0 Å². The second-order valence-electron chi connectivity index (χ2n) is 5.29. The minimum absolute atomic E-state index is 0.114. The molecular formula is C16H17N3O3. The van der Waals surface area contributed by atoms with Crippen LogP contribution in [0.2, 0.25) is 0 Å². The molecule has 2 aromatic heterocycles. The largest absolute Gasteiger partial charge is 0.387 e. The van der Waals surface area contributed by atoms with Crippen LogP contribution < -0.4 is 5.32 Å². The number of fused-ring (bicyclic) bond motifs is 1. The SMILES string of the molecule is Cc1cc(C(=O)NCC(O)c2ccc3c(ccn3C)c2)no1. The number of amides is 1. The molecule has 0 fully saturated rings. The summed E-state index contributed by atoms with van der Waals surface area (Å²) in [6, 6.07) is 9.28. The average Bonchev–Trinajstić information content (AvgIpc) is 3.11. The number of benzene rings is 1. The number of carbonyl (C=O) groups excluding carboxylic acids is 1. The number of carbonyl (C=O) groups is 1. The Bertz CT molecular complexity index is 819. The molecule has 114 valence electrons. The van der Waals surface area contributed by atoms with Crippen LogP contribution in [0.25, 0.3) is 10.9 Å². The number of aromatic nitrogens is 2. The lowest BCUT2D eigenvalue weighted by atomic mass is 10.1. The van der Waals surface area contributed by atoms with E-state index in [1.165, 1.54) is 0 Å². The van der Waals surface area contributed by atoms with Crippen LogP contribution in [0, 0.1) is 6.92 Å². The van der Waals surface area contributed by atoms with Crippen LogP contribution in [-0.2, 0) is 7.05 Å². The van der Waals surface area contributed by atoms with Gasteiger partial charge in [-0.15, -0.1) is 0 Å². The molecule has 2 N–H and O–H groups in total. The van der Waals surface area contributed by atoms with Crippen LogP contribution in [0.1, 0.15) is 27.9 Å². The van der Waals surface area contributed by atoms with Crippen molar-refractivity contribution in [1.29, 1.82) is 0 Å². The Morgan fingerprint density at radius 1 is 1.41 bits per heavy atom. The number of aliphatic hydroxyl groups excluding tert-OH is 1. The molecule has 0 aliphatic rings. The van der Waals surface area contributed by atoms with E-state index >= 15 is 0 Å². The second-order valence-corrected chi connectivity index (χ2v) is 5.29. The first kappa shape index (κ1) is 14.3. The van der Waals surface area contributed by atoms with Crippen LogP contribution in [0.5, 0.6) is 0 Å². The van der Waals surface area contributed by atoms with E-state index in [1.54, 1.807) is 13.0 Å². The van der Waals surface area contributed by atoms with Crippen molar-refractivity contribution in [3.63, 3.8) is 0 Å². The molecule has 2 heterocycles. The Balaban J connectivity index is 1.67. The molecule has 1 amide bonds. The summed E-state index contributed by atoms with van der Waals surface area (Å²) in [6.45, 7) is 1.83. The molecule has 1 unspecified atom stereocenters. The Hall–Kier alpha value is -2.60. The standard InChI is InChI=1S/C16H17N3O3/c1-10-7-13(18-22-10)16(21)17-9-15(20)12-3-4-14-11(8-12)5-6-19(14)2/h3-8,15,20H,9H2,1-2H3,(H,17,21). The van der Waals surface area contributed by atoms with Gasteiger partial charge in [-0.25, -0.2) is 0 Å². The lowest BCUT2D eigenvalue weighted by Gasteiger charge is -2.12. The maximum Gasteiger partial charge on any atom is 0.273 e. The molecule has 6 heteroatoms. The van der Waals surface area contributed by atoms with E-state index in [1.807, 2.05) is 42.1 Å². The van der Waals surface area contributed by atoms with Gasteiger partial charge in [0.2, 0.25) is 0 Å². The number of hydrogen-bond acceptors (Lipinski definition) is 4. The molecule has 0 saturated heterocycles. The van der Waals surface area contributed by atoms with Crippen molar-refractivity contribution < 1.29 is 14.4 Å². The maximum absolute atomic E-state index is 11.9. The second kappa shape index (κ2) is 5.65. The molecule has 0 aliphatic carbocycles. The maximum atomic E-state index is 11.9. The van der Waals surface area contributed by atoms with E-state index in [0.29, 0.717) is 5.76 Å². The fraction of sp³-hybridized carbons (Fsp3) is 0.250. The minimum atomic E-state index is -0.776. The summed E-state index contributed by atoms with van der Waals surface area (Å²) >= 11 is 0. The summed E-state index contributed by atoms with van der Waals surface area (Å²) in [7, 11) is 1.97. The first-order chi connectivity index (χ1) is 10.5. The predicted octanol–water partition coefficient (Wildman–Crippen LogP) is 1.94. The Morgan fingerprint density at radius 3 is 2.95 bits per heavy atom. The van der Waals surface area contributed by atoms with Crippen molar-refractivity contribution in [2.75, 3.05) is 6.54 Å². The van der Waals surface area contributed by atoms with Crippen molar-refractivity contribution in [3.05, 3.63) is 53.5 Å². The van der Waals surface area contributed by atoms with Crippen LogP contribution in [0.3, 0.4) is 0 Å². The third kappa shape index (κ3) is 2.73. The summed E-state index contributed by atoms with van der Waals surface area (Å²) in [4.78, 5) is 11.9. The first-order valence-electron chi connectivity index (χ1n) is 6.99. The Morgan fingerprint density at radius 2 is 2.23 bits per heavy atom. The first-order valence-corrected chi connectivity index (χ1v) is 6.99. The molecule has 22 heavy (non-hydrogen) atoms. The van der Waals surface area contributed by atoms with Crippen molar-refractivity contribution in [3.8, 4) is 0 Å². The Labute approximate surface area is 127 Å². The average molecular weight is 299 g/mol. The quantitative estimate of drug-likeness (QED) is 0.771. The summed E-state index contributed by atoms with van der Waals surface area (Å²) in [6.07, 6.45) is 1.19. The molecule has 3 aromatic rings. The lowest BCUT2D eigenvalue weighted by molar-refractivity contribution is 0.0907. The predicted molar refractivity (Wildman–Crippen MR) is 81.5 cm³/mol. The molecular weight excluding hydrogens is 282 g/mol. The normalized spacial score (nSPS) is 12.5. The Kier molecular flexibility index (Phi) is 3.68. The fourth-order valence-corrected chi connectivity index (χ4v) is 2.38. The van der Waals surface area contributed by atoms with Gasteiger partial charge >= 0.3 is 0 Å². The van der Waals surface area contributed by atoms with Gasteiger partial charge in [0, 0.05) is 31.4 Å².